The van der Waals surface area contributed by atoms with Gasteiger partial charge in [0.15, 0.2) is 0 Å². The molecule has 1 N–H and O–H groups in total. The van der Waals surface area contributed by atoms with Crippen molar-refractivity contribution < 1.29 is 14.2 Å². The van der Waals surface area contributed by atoms with Gasteiger partial charge in [-0.15, -0.1) is 0 Å². The molecule has 1 aliphatic carbocycles. The van der Waals surface area contributed by atoms with E-state index in [0.29, 0.717) is 12.0 Å². The average molecular weight is 283 g/mol. The van der Waals surface area contributed by atoms with Gasteiger partial charge in [-0.25, -0.2) is 0 Å². The Morgan fingerprint density at radius 2 is 1.90 bits per heavy atom. The maximum Gasteiger partial charge on any atom is 0.0877 e. The minimum Gasteiger partial charge on any atom is -0.381 e. The maximum atomic E-state index is 6.09. The van der Waals surface area contributed by atoms with Crippen LogP contribution < -0.4 is 5.32 Å². The normalized spacial score (nSPS) is 33.6. The van der Waals surface area contributed by atoms with Crippen molar-refractivity contribution in [2.24, 2.45) is 5.92 Å². The van der Waals surface area contributed by atoms with Crippen molar-refractivity contribution in [3.63, 3.8) is 0 Å². The monoisotopic (exact) mass is 283 g/mol. The summed E-state index contributed by atoms with van der Waals surface area (Å²) in [6.07, 6.45) is 8.19. The Labute approximate surface area is 122 Å². The molecule has 2 atom stereocenters. The van der Waals surface area contributed by atoms with Crippen LogP contribution in [0.5, 0.6) is 0 Å². The molecule has 116 valence electrons. The standard InChI is InChI=1S/C16H29NO3/c1-17-14(16(18-2)7-10-19-11-8-16)13-4-9-20-15(12-13)5-3-6-15/h13-14,17H,3-12H2,1-2H3. The van der Waals surface area contributed by atoms with E-state index in [4.69, 9.17) is 14.2 Å². The Bertz CT molecular complexity index is 324. The first-order valence-corrected chi connectivity index (χ1v) is 8.18. The van der Waals surface area contributed by atoms with Gasteiger partial charge < -0.3 is 19.5 Å². The highest BCUT2D eigenvalue weighted by atomic mass is 16.5. The Morgan fingerprint density at radius 3 is 2.45 bits per heavy atom. The molecule has 2 unspecified atom stereocenters. The first kappa shape index (κ1) is 14.8. The SMILES string of the molecule is CNC(C1CCOC2(CCC2)C1)C1(OC)CCOCC1. The molecule has 0 aromatic heterocycles. The van der Waals surface area contributed by atoms with Crippen molar-refractivity contribution in [2.75, 3.05) is 34.0 Å². The predicted molar refractivity (Wildman–Crippen MR) is 77.9 cm³/mol. The number of methoxy groups -OCH3 is 1. The molecule has 3 fully saturated rings. The number of hydrogen-bond donors (Lipinski definition) is 1. The molecule has 0 bridgehead atoms. The van der Waals surface area contributed by atoms with Crippen molar-refractivity contribution in [3.8, 4) is 0 Å². The Kier molecular flexibility index (Phi) is 4.37. The van der Waals surface area contributed by atoms with Crippen molar-refractivity contribution >= 4 is 0 Å². The minimum atomic E-state index is -0.0556. The molecular weight excluding hydrogens is 254 g/mol. The van der Waals surface area contributed by atoms with E-state index < -0.39 is 0 Å². The van der Waals surface area contributed by atoms with Crippen molar-refractivity contribution in [1.82, 2.24) is 5.32 Å². The third-order valence-corrected chi connectivity index (χ3v) is 5.89. The first-order valence-electron chi connectivity index (χ1n) is 8.18. The lowest BCUT2D eigenvalue weighted by molar-refractivity contribution is -0.171. The average Bonchev–Trinajstić information content (AvgIpc) is 2.48. The molecule has 2 aliphatic heterocycles. The van der Waals surface area contributed by atoms with Gasteiger partial charge in [-0.1, -0.05) is 0 Å². The molecule has 4 nitrogen and oxygen atoms in total. The lowest BCUT2D eigenvalue weighted by atomic mass is 9.67. The van der Waals surface area contributed by atoms with Crippen LogP contribution in [0.25, 0.3) is 0 Å². The number of ether oxygens (including phenoxy) is 3. The molecule has 2 heterocycles. The van der Waals surface area contributed by atoms with Gasteiger partial charge in [0.05, 0.1) is 11.2 Å². The molecule has 2 saturated heterocycles. The largest absolute Gasteiger partial charge is 0.381 e. The number of nitrogens with one attached hydrogen (secondary N) is 1. The molecule has 1 spiro atoms. The Morgan fingerprint density at radius 1 is 1.15 bits per heavy atom. The predicted octanol–water partition coefficient (Wildman–Crippen LogP) is 2.12. The Balaban J connectivity index is 1.74. The second-order valence-corrected chi connectivity index (χ2v) is 6.79. The van der Waals surface area contributed by atoms with Gasteiger partial charge in [0.2, 0.25) is 0 Å². The summed E-state index contributed by atoms with van der Waals surface area (Å²) in [6, 6.07) is 0.415. The Hall–Kier alpha value is -0.160. The van der Waals surface area contributed by atoms with Crippen molar-refractivity contribution in [1.29, 1.82) is 0 Å². The fourth-order valence-corrected chi connectivity index (χ4v) is 4.56. The van der Waals surface area contributed by atoms with E-state index in [1.54, 1.807) is 0 Å². The van der Waals surface area contributed by atoms with Gasteiger partial charge in [0.1, 0.15) is 0 Å². The quantitative estimate of drug-likeness (QED) is 0.858. The zero-order valence-electron chi connectivity index (χ0n) is 13.0. The van der Waals surface area contributed by atoms with E-state index in [0.717, 1.165) is 39.1 Å². The highest BCUT2D eigenvalue weighted by Crippen LogP contribution is 2.47. The second kappa shape index (κ2) is 5.91. The van der Waals surface area contributed by atoms with Crippen molar-refractivity contribution in [2.45, 2.75) is 62.2 Å². The molecule has 0 radical (unpaired) electrons. The lowest BCUT2D eigenvalue weighted by Gasteiger charge is -2.52. The fraction of sp³-hybridized carbons (Fsp3) is 1.00. The highest BCUT2D eigenvalue weighted by molar-refractivity contribution is 5.03. The van der Waals surface area contributed by atoms with Crippen LogP contribution in [-0.4, -0.2) is 51.2 Å². The van der Waals surface area contributed by atoms with Crippen LogP contribution in [0.4, 0.5) is 0 Å². The van der Waals surface area contributed by atoms with Gasteiger partial charge in [-0.05, 0) is 45.1 Å². The van der Waals surface area contributed by atoms with Crippen LogP contribution in [0.1, 0.15) is 44.9 Å². The summed E-state index contributed by atoms with van der Waals surface area (Å²) in [4.78, 5) is 0. The zero-order valence-corrected chi connectivity index (χ0v) is 13.0. The topological polar surface area (TPSA) is 39.7 Å². The molecule has 3 rings (SSSR count). The van der Waals surface area contributed by atoms with Gasteiger partial charge in [0, 0.05) is 45.8 Å². The number of hydrogen-bond acceptors (Lipinski definition) is 4. The van der Waals surface area contributed by atoms with Crippen LogP contribution in [0.3, 0.4) is 0 Å². The van der Waals surface area contributed by atoms with E-state index in [-0.39, 0.29) is 11.2 Å². The lowest BCUT2D eigenvalue weighted by Crippen LogP contribution is -2.60. The van der Waals surface area contributed by atoms with Crippen LogP contribution in [-0.2, 0) is 14.2 Å². The summed E-state index contributed by atoms with van der Waals surface area (Å²) in [5.74, 6) is 0.659. The van der Waals surface area contributed by atoms with Crippen LogP contribution in [0, 0.1) is 5.92 Å². The zero-order chi connectivity index (χ0) is 14.1. The molecule has 0 amide bonds. The van der Waals surface area contributed by atoms with E-state index in [2.05, 4.69) is 12.4 Å². The third-order valence-electron chi connectivity index (χ3n) is 5.89. The highest BCUT2D eigenvalue weighted by Gasteiger charge is 2.49. The van der Waals surface area contributed by atoms with Gasteiger partial charge in [-0.2, -0.15) is 0 Å². The minimum absolute atomic E-state index is 0.0556. The third kappa shape index (κ3) is 2.52. The van der Waals surface area contributed by atoms with Crippen LogP contribution in [0.2, 0.25) is 0 Å². The smallest absolute Gasteiger partial charge is 0.0877 e. The van der Waals surface area contributed by atoms with Crippen LogP contribution >= 0.6 is 0 Å². The van der Waals surface area contributed by atoms with E-state index in [1.165, 1.54) is 25.7 Å². The summed E-state index contributed by atoms with van der Waals surface area (Å²) in [5, 5.41) is 3.58. The number of likely N-dealkylation sites (N-methyl/N-ethyl adjacent to an activating group) is 1. The van der Waals surface area contributed by atoms with E-state index in [1.807, 2.05) is 7.11 Å². The summed E-state index contributed by atoms with van der Waals surface area (Å²) >= 11 is 0. The summed E-state index contributed by atoms with van der Waals surface area (Å²) in [7, 11) is 3.96. The first-order chi connectivity index (χ1) is 9.74. The maximum absolute atomic E-state index is 6.09. The second-order valence-electron chi connectivity index (χ2n) is 6.79. The van der Waals surface area contributed by atoms with Gasteiger partial charge >= 0.3 is 0 Å². The fourth-order valence-electron chi connectivity index (χ4n) is 4.56. The summed E-state index contributed by atoms with van der Waals surface area (Å²) in [6.45, 7) is 2.56. The van der Waals surface area contributed by atoms with Crippen LogP contribution in [0.15, 0.2) is 0 Å². The molecular formula is C16H29NO3. The molecule has 0 aromatic rings. The van der Waals surface area contributed by atoms with E-state index in [9.17, 15) is 0 Å². The summed E-state index contributed by atoms with van der Waals surface area (Å²) in [5.41, 5.74) is 0.151. The molecule has 4 heteroatoms. The van der Waals surface area contributed by atoms with Gasteiger partial charge in [0.25, 0.3) is 0 Å². The molecule has 1 saturated carbocycles. The number of rotatable bonds is 4. The van der Waals surface area contributed by atoms with Gasteiger partial charge in [-0.3, -0.25) is 0 Å². The van der Waals surface area contributed by atoms with Crippen molar-refractivity contribution in [3.05, 3.63) is 0 Å². The summed E-state index contributed by atoms with van der Waals surface area (Å²) < 4.78 is 17.7. The molecule has 0 aromatic carbocycles. The molecule has 20 heavy (non-hydrogen) atoms. The molecule has 3 aliphatic rings. The van der Waals surface area contributed by atoms with E-state index >= 15 is 0 Å².